The van der Waals surface area contributed by atoms with Crippen molar-refractivity contribution in [3.63, 3.8) is 0 Å². The highest BCUT2D eigenvalue weighted by atomic mass is 32.2. The lowest BCUT2D eigenvalue weighted by Crippen LogP contribution is -1.77. The Morgan fingerprint density at radius 3 is 2.41 bits per heavy atom. The summed E-state index contributed by atoms with van der Waals surface area (Å²) in [5.74, 6) is 1.02. The minimum atomic E-state index is 1.02. The predicted molar refractivity (Wildman–Crippen MR) is 102 cm³/mol. The Kier molecular flexibility index (Phi) is 9.41. The van der Waals surface area contributed by atoms with Gasteiger partial charge in [0.05, 0.1) is 0 Å². The summed E-state index contributed by atoms with van der Waals surface area (Å²) < 4.78 is 0. The van der Waals surface area contributed by atoms with Crippen LogP contribution in [-0.4, -0.2) is 5.75 Å². The molecule has 0 aliphatic carbocycles. The van der Waals surface area contributed by atoms with Gasteiger partial charge in [-0.25, -0.2) is 0 Å². The minimum absolute atomic E-state index is 1.02. The molecule has 0 fully saturated rings. The van der Waals surface area contributed by atoms with Crippen molar-refractivity contribution in [1.29, 1.82) is 0 Å². The molecule has 0 aromatic heterocycles. The molecule has 0 aliphatic rings. The summed E-state index contributed by atoms with van der Waals surface area (Å²) in [5, 5.41) is 0. The lowest BCUT2D eigenvalue weighted by Gasteiger charge is -1.98. The first-order valence-corrected chi connectivity index (χ1v) is 8.88. The Morgan fingerprint density at radius 1 is 1.00 bits per heavy atom. The van der Waals surface area contributed by atoms with Gasteiger partial charge in [-0.15, -0.1) is 11.8 Å². The van der Waals surface area contributed by atoms with Crippen molar-refractivity contribution in [3.8, 4) is 0 Å². The van der Waals surface area contributed by atoms with E-state index in [1.165, 1.54) is 21.6 Å². The molecule has 1 aromatic rings. The molecule has 1 aromatic carbocycles. The zero-order chi connectivity index (χ0) is 16.2. The van der Waals surface area contributed by atoms with Gasteiger partial charge >= 0.3 is 0 Å². The van der Waals surface area contributed by atoms with E-state index in [9.17, 15) is 0 Å². The lowest BCUT2D eigenvalue weighted by molar-refractivity contribution is 0.967. The molecule has 0 saturated heterocycles. The van der Waals surface area contributed by atoms with Crippen LogP contribution in [0.4, 0.5) is 0 Å². The van der Waals surface area contributed by atoms with Gasteiger partial charge in [0, 0.05) is 10.6 Å². The SMILES string of the molecule is CC(C)=CCCC(C)=CC=CC(C)=CCSc1ccccc1. The smallest absolute Gasteiger partial charge is 0.0166 e. The molecule has 1 heteroatoms. The summed E-state index contributed by atoms with van der Waals surface area (Å²) >= 11 is 1.87. The number of hydrogen-bond acceptors (Lipinski definition) is 1. The first kappa shape index (κ1) is 18.6. The Morgan fingerprint density at radius 2 is 1.73 bits per heavy atom. The minimum Gasteiger partial charge on any atom is -0.122 e. The number of hydrogen-bond donors (Lipinski definition) is 0. The van der Waals surface area contributed by atoms with Crippen LogP contribution >= 0.6 is 11.8 Å². The topological polar surface area (TPSA) is 0 Å². The fourth-order valence-corrected chi connectivity index (χ4v) is 2.78. The van der Waals surface area contributed by atoms with Crippen LogP contribution in [0.5, 0.6) is 0 Å². The second-order valence-electron chi connectivity index (χ2n) is 5.76. The maximum atomic E-state index is 2.30. The normalized spacial score (nSPS) is 12.7. The molecular weight excluding hydrogens is 284 g/mol. The fourth-order valence-electron chi connectivity index (χ4n) is 1.89. The van der Waals surface area contributed by atoms with Crippen LogP contribution in [0.15, 0.2) is 82.3 Å². The van der Waals surface area contributed by atoms with E-state index in [0.29, 0.717) is 0 Å². The van der Waals surface area contributed by atoms with Crippen LogP contribution in [0.25, 0.3) is 0 Å². The number of benzene rings is 1. The van der Waals surface area contributed by atoms with E-state index in [2.05, 4.69) is 88.4 Å². The zero-order valence-corrected chi connectivity index (χ0v) is 15.1. The maximum Gasteiger partial charge on any atom is 0.0166 e. The molecule has 0 aliphatic heterocycles. The quantitative estimate of drug-likeness (QED) is 0.283. The van der Waals surface area contributed by atoms with E-state index >= 15 is 0 Å². The van der Waals surface area contributed by atoms with E-state index in [1.54, 1.807) is 0 Å². The molecule has 0 spiro atoms. The van der Waals surface area contributed by atoms with E-state index in [-0.39, 0.29) is 0 Å². The van der Waals surface area contributed by atoms with Crippen LogP contribution < -0.4 is 0 Å². The van der Waals surface area contributed by atoms with Gasteiger partial charge in [-0.2, -0.15) is 0 Å². The van der Waals surface area contributed by atoms with Gasteiger partial charge in [0.15, 0.2) is 0 Å². The van der Waals surface area contributed by atoms with Crippen LogP contribution in [0.3, 0.4) is 0 Å². The standard InChI is InChI=1S/C21H28S/c1-18(2)10-8-11-19(3)12-9-13-20(4)16-17-22-21-14-6-5-7-15-21/h5-7,9-10,12-16H,8,11,17H2,1-4H3. The van der Waals surface area contributed by atoms with Crippen LogP contribution in [0, 0.1) is 0 Å². The molecule has 0 N–H and O–H groups in total. The lowest BCUT2D eigenvalue weighted by atomic mass is 10.1. The van der Waals surface area contributed by atoms with Gasteiger partial charge in [-0.3, -0.25) is 0 Å². The largest absolute Gasteiger partial charge is 0.122 e. The van der Waals surface area contributed by atoms with E-state index in [1.807, 2.05) is 11.8 Å². The third-order valence-corrected chi connectivity index (χ3v) is 4.17. The Bertz CT molecular complexity index is 541. The predicted octanol–water partition coefficient (Wildman–Crippen LogP) is 6.97. The Labute approximate surface area is 140 Å². The van der Waals surface area contributed by atoms with Crippen molar-refractivity contribution < 1.29 is 0 Å². The van der Waals surface area contributed by atoms with E-state index < -0.39 is 0 Å². The molecule has 0 unspecified atom stereocenters. The second kappa shape index (κ2) is 11.1. The fraction of sp³-hybridized carbons (Fsp3) is 0.333. The number of rotatable bonds is 8. The molecule has 0 radical (unpaired) electrons. The number of allylic oxidation sites excluding steroid dienone is 7. The summed E-state index contributed by atoms with van der Waals surface area (Å²) in [6, 6.07) is 10.5. The maximum absolute atomic E-state index is 2.30. The van der Waals surface area contributed by atoms with Gasteiger partial charge in [-0.1, -0.05) is 65.3 Å². The molecule has 0 bridgehead atoms. The molecule has 0 heterocycles. The highest BCUT2D eigenvalue weighted by molar-refractivity contribution is 7.99. The van der Waals surface area contributed by atoms with Crippen LogP contribution in [0.1, 0.15) is 40.5 Å². The summed E-state index contributed by atoms with van der Waals surface area (Å²) in [6.45, 7) is 8.67. The third kappa shape index (κ3) is 9.46. The van der Waals surface area contributed by atoms with Gasteiger partial charge in [0.2, 0.25) is 0 Å². The Balaban J connectivity index is 2.34. The summed E-state index contributed by atoms with van der Waals surface area (Å²) in [4.78, 5) is 1.32. The molecule has 0 saturated carbocycles. The molecule has 0 nitrogen and oxygen atoms in total. The van der Waals surface area contributed by atoms with E-state index in [4.69, 9.17) is 0 Å². The highest BCUT2D eigenvalue weighted by Gasteiger charge is 1.90. The summed E-state index contributed by atoms with van der Waals surface area (Å²) in [5.41, 5.74) is 4.15. The molecular formula is C21H28S. The van der Waals surface area contributed by atoms with Gasteiger partial charge in [0.25, 0.3) is 0 Å². The highest BCUT2D eigenvalue weighted by Crippen LogP contribution is 2.17. The summed E-state index contributed by atoms with van der Waals surface area (Å²) in [6.07, 6.45) is 13.4. The van der Waals surface area contributed by atoms with Crippen LogP contribution in [-0.2, 0) is 0 Å². The molecule has 0 atom stereocenters. The van der Waals surface area contributed by atoms with Crippen molar-refractivity contribution in [2.24, 2.45) is 0 Å². The van der Waals surface area contributed by atoms with Gasteiger partial charge in [0.1, 0.15) is 0 Å². The van der Waals surface area contributed by atoms with Gasteiger partial charge in [-0.05, 0) is 52.7 Å². The molecule has 0 amide bonds. The average Bonchev–Trinajstić information content (AvgIpc) is 2.48. The van der Waals surface area contributed by atoms with Crippen molar-refractivity contribution in [1.82, 2.24) is 0 Å². The monoisotopic (exact) mass is 312 g/mol. The first-order valence-electron chi connectivity index (χ1n) is 7.89. The van der Waals surface area contributed by atoms with Crippen molar-refractivity contribution in [3.05, 3.63) is 77.4 Å². The second-order valence-corrected chi connectivity index (χ2v) is 6.86. The molecule has 22 heavy (non-hydrogen) atoms. The van der Waals surface area contributed by atoms with Crippen LogP contribution in [0.2, 0.25) is 0 Å². The van der Waals surface area contributed by atoms with Crippen molar-refractivity contribution >= 4 is 11.8 Å². The zero-order valence-electron chi connectivity index (χ0n) is 14.3. The summed E-state index contributed by atoms with van der Waals surface area (Å²) in [7, 11) is 0. The first-order chi connectivity index (χ1) is 10.6. The van der Waals surface area contributed by atoms with Crippen molar-refractivity contribution in [2.45, 2.75) is 45.4 Å². The Hall–Kier alpha value is -1.47. The van der Waals surface area contributed by atoms with E-state index in [0.717, 1.165) is 18.6 Å². The molecule has 1 rings (SSSR count). The molecule has 118 valence electrons. The average molecular weight is 313 g/mol. The van der Waals surface area contributed by atoms with Gasteiger partial charge < -0.3 is 0 Å². The number of thioether (sulfide) groups is 1. The third-order valence-electron chi connectivity index (χ3n) is 3.23. The van der Waals surface area contributed by atoms with Crippen molar-refractivity contribution in [2.75, 3.05) is 5.75 Å².